The van der Waals surface area contributed by atoms with Crippen LogP contribution in [-0.2, 0) is 16.1 Å². The minimum Gasteiger partial charge on any atom is -0.479 e. The molecule has 0 unspecified atom stereocenters. The zero-order chi connectivity index (χ0) is 24.1. The smallest absolute Gasteiger partial charge is 0.407 e. The molecule has 3 aromatic rings. The molecule has 0 aromatic heterocycles. The number of hydrogen-bond donors (Lipinski definition) is 4. The number of aliphatic hydroxyl groups excluding tert-OH is 1. The summed E-state index contributed by atoms with van der Waals surface area (Å²) in [4.78, 5) is 34.9. The van der Waals surface area contributed by atoms with Gasteiger partial charge in [-0.25, -0.2) is 9.59 Å². The summed E-state index contributed by atoms with van der Waals surface area (Å²) in [6.45, 7) is 0.0523. The fourth-order valence-electron chi connectivity index (χ4n) is 3.98. The minimum atomic E-state index is -1.66. The second kappa shape index (κ2) is 10.2. The van der Waals surface area contributed by atoms with Crippen molar-refractivity contribution in [3.63, 3.8) is 0 Å². The van der Waals surface area contributed by atoms with E-state index in [1.165, 1.54) is 0 Å². The van der Waals surface area contributed by atoms with E-state index in [0.29, 0.717) is 5.56 Å². The molecular weight excluding hydrogens is 436 g/mol. The molecule has 1 aliphatic carbocycles. The van der Waals surface area contributed by atoms with E-state index in [2.05, 4.69) is 34.9 Å². The number of aliphatic carboxylic acids is 1. The molecule has 1 atom stereocenters. The maximum atomic E-state index is 12.3. The number of aliphatic hydroxyl groups is 1. The van der Waals surface area contributed by atoms with Crippen LogP contribution in [0.4, 0.5) is 4.79 Å². The highest BCUT2D eigenvalue weighted by molar-refractivity contribution is 5.94. The number of rotatable bonds is 8. The lowest BCUT2D eigenvalue weighted by Gasteiger charge is -2.14. The molecule has 174 valence electrons. The van der Waals surface area contributed by atoms with E-state index in [1.54, 1.807) is 24.3 Å². The lowest BCUT2D eigenvalue weighted by atomic mass is 9.98. The van der Waals surface area contributed by atoms with Gasteiger partial charge in [0.05, 0.1) is 6.54 Å². The first-order chi connectivity index (χ1) is 16.4. The highest BCUT2D eigenvalue weighted by atomic mass is 16.5. The first kappa shape index (κ1) is 23.0. The summed E-state index contributed by atoms with van der Waals surface area (Å²) < 4.78 is 5.51. The van der Waals surface area contributed by atoms with Crippen LogP contribution < -0.4 is 10.6 Å². The quantitative estimate of drug-likeness (QED) is 0.410. The number of ether oxygens (including phenoxy) is 1. The third-order valence-electron chi connectivity index (χ3n) is 5.74. The molecule has 0 heterocycles. The number of amides is 2. The summed E-state index contributed by atoms with van der Waals surface area (Å²) in [5, 5.41) is 22.9. The third-order valence-corrected chi connectivity index (χ3v) is 5.74. The summed E-state index contributed by atoms with van der Waals surface area (Å²) in [7, 11) is 0. The summed E-state index contributed by atoms with van der Waals surface area (Å²) in [6, 6.07) is 22.7. The normalized spacial score (nSPS) is 12.9. The van der Waals surface area contributed by atoms with Crippen molar-refractivity contribution in [3.8, 4) is 11.1 Å². The standard InChI is InChI=1S/C26H24N2O6/c29-23(25(31)32)14-27-24(30)17-11-9-16(10-12-17)13-28-26(33)34-15-22-20-7-3-1-5-18(20)19-6-2-4-8-21(19)22/h1-12,22-23,29H,13-15H2,(H,27,30)(H,28,33)(H,31,32)/t23-/m0/s1. The fourth-order valence-corrected chi connectivity index (χ4v) is 3.98. The zero-order valence-electron chi connectivity index (χ0n) is 18.2. The molecule has 0 fully saturated rings. The first-order valence-electron chi connectivity index (χ1n) is 10.8. The lowest BCUT2D eigenvalue weighted by Crippen LogP contribution is -2.36. The molecule has 0 spiro atoms. The van der Waals surface area contributed by atoms with Crippen LogP contribution in [0.3, 0.4) is 0 Å². The maximum Gasteiger partial charge on any atom is 0.407 e. The Labute approximate surface area is 196 Å². The van der Waals surface area contributed by atoms with Crippen LogP contribution in [0.1, 0.15) is 33.0 Å². The van der Waals surface area contributed by atoms with Crippen LogP contribution >= 0.6 is 0 Å². The summed E-state index contributed by atoms with van der Waals surface area (Å²) >= 11 is 0. The van der Waals surface area contributed by atoms with Crippen molar-refractivity contribution >= 4 is 18.0 Å². The number of nitrogens with one attached hydrogen (secondary N) is 2. The van der Waals surface area contributed by atoms with E-state index in [4.69, 9.17) is 9.84 Å². The molecular formula is C26H24N2O6. The highest BCUT2D eigenvalue weighted by Crippen LogP contribution is 2.44. The van der Waals surface area contributed by atoms with Gasteiger partial charge < -0.3 is 25.6 Å². The number of hydrogen-bond acceptors (Lipinski definition) is 5. The molecule has 8 heteroatoms. The van der Waals surface area contributed by atoms with Crippen molar-refractivity contribution in [3.05, 3.63) is 95.1 Å². The van der Waals surface area contributed by atoms with Crippen LogP contribution in [0.2, 0.25) is 0 Å². The molecule has 8 nitrogen and oxygen atoms in total. The Morgan fingerprint density at radius 1 is 0.853 bits per heavy atom. The van der Waals surface area contributed by atoms with Gasteiger partial charge in [-0.15, -0.1) is 0 Å². The topological polar surface area (TPSA) is 125 Å². The third kappa shape index (κ3) is 5.07. The number of benzene rings is 3. The van der Waals surface area contributed by atoms with Gasteiger partial charge in [0.25, 0.3) is 5.91 Å². The van der Waals surface area contributed by atoms with Gasteiger partial charge in [-0.3, -0.25) is 4.79 Å². The largest absolute Gasteiger partial charge is 0.479 e. The predicted octanol–water partition coefficient (Wildman–Crippen LogP) is 2.90. The van der Waals surface area contributed by atoms with E-state index in [1.807, 2.05) is 24.3 Å². The fraction of sp³-hybridized carbons (Fsp3) is 0.192. The van der Waals surface area contributed by atoms with Gasteiger partial charge in [0.1, 0.15) is 6.61 Å². The Bertz CT molecular complexity index is 1160. The molecule has 0 radical (unpaired) electrons. The van der Waals surface area contributed by atoms with Crippen LogP contribution in [0.5, 0.6) is 0 Å². The second-order valence-electron chi connectivity index (χ2n) is 7.94. The number of carboxylic acid groups (broad SMARTS) is 1. The van der Waals surface area contributed by atoms with Gasteiger partial charge in [-0.05, 0) is 39.9 Å². The summed E-state index contributed by atoms with van der Waals surface area (Å²) in [5.41, 5.74) is 5.67. The van der Waals surface area contributed by atoms with E-state index < -0.39 is 24.1 Å². The highest BCUT2D eigenvalue weighted by Gasteiger charge is 2.28. The summed E-state index contributed by atoms with van der Waals surface area (Å²) in [6.07, 6.45) is -2.20. The molecule has 0 bridgehead atoms. The Kier molecular flexibility index (Phi) is 6.89. The number of fused-ring (bicyclic) bond motifs is 3. The molecule has 4 rings (SSSR count). The second-order valence-corrected chi connectivity index (χ2v) is 7.94. The molecule has 1 aliphatic rings. The number of carbonyl (C=O) groups is 3. The molecule has 0 saturated carbocycles. The van der Waals surface area contributed by atoms with Crippen molar-refractivity contribution in [2.75, 3.05) is 13.2 Å². The van der Waals surface area contributed by atoms with E-state index in [-0.39, 0.29) is 25.6 Å². The van der Waals surface area contributed by atoms with Gasteiger partial charge in [0, 0.05) is 18.0 Å². The van der Waals surface area contributed by atoms with Crippen LogP contribution in [-0.4, -0.2) is 47.4 Å². The van der Waals surface area contributed by atoms with Gasteiger partial charge in [0.15, 0.2) is 6.10 Å². The van der Waals surface area contributed by atoms with Gasteiger partial charge in [-0.2, -0.15) is 0 Å². The van der Waals surface area contributed by atoms with Gasteiger partial charge in [0.2, 0.25) is 0 Å². The van der Waals surface area contributed by atoms with Crippen molar-refractivity contribution in [2.24, 2.45) is 0 Å². The van der Waals surface area contributed by atoms with Crippen LogP contribution in [0, 0.1) is 0 Å². The van der Waals surface area contributed by atoms with E-state index >= 15 is 0 Å². The van der Waals surface area contributed by atoms with Crippen molar-refractivity contribution < 1.29 is 29.3 Å². The Hall–Kier alpha value is -4.17. The maximum absolute atomic E-state index is 12.3. The van der Waals surface area contributed by atoms with Gasteiger partial charge >= 0.3 is 12.1 Å². The Balaban J connectivity index is 1.28. The zero-order valence-corrected chi connectivity index (χ0v) is 18.2. The van der Waals surface area contributed by atoms with Crippen molar-refractivity contribution in [2.45, 2.75) is 18.6 Å². The SMILES string of the molecule is O=C(NCc1ccc(C(=O)NC[C@H](O)C(=O)O)cc1)OCC1c2ccccc2-c2ccccc21. The van der Waals surface area contributed by atoms with Crippen LogP contribution in [0.15, 0.2) is 72.8 Å². The lowest BCUT2D eigenvalue weighted by molar-refractivity contribution is -0.146. The molecule has 3 aromatic carbocycles. The average molecular weight is 460 g/mol. The molecule has 2 amide bonds. The number of alkyl carbamates (subject to hydrolysis) is 1. The summed E-state index contributed by atoms with van der Waals surface area (Å²) in [5.74, 6) is -1.93. The molecule has 0 aliphatic heterocycles. The molecule has 0 saturated heterocycles. The van der Waals surface area contributed by atoms with Crippen molar-refractivity contribution in [1.82, 2.24) is 10.6 Å². The number of carboxylic acids is 1. The predicted molar refractivity (Wildman–Crippen MR) is 124 cm³/mol. The monoisotopic (exact) mass is 460 g/mol. The Morgan fingerprint density at radius 3 is 2.03 bits per heavy atom. The molecule has 34 heavy (non-hydrogen) atoms. The number of carbonyl (C=O) groups excluding carboxylic acids is 2. The minimum absolute atomic E-state index is 0.0180. The molecule has 4 N–H and O–H groups in total. The van der Waals surface area contributed by atoms with Crippen LogP contribution in [0.25, 0.3) is 11.1 Å². The van der Waals surface area contributed by atoms with E-state index in [9.17, 15) is 19.5 Å². The Morgan fingerprint density at radius 2 is 1.44 bits per heavy atom. The van der Waals surface area contributed by atoms with E-state index in [0.717, 1.165) is 27.8 Å². The average Bonchev–Trinajstić information content (AvgIpc) is 3.18. The van der Waals surface area contributed by atoms with Crippen molar-refractivity contribution in [1.29, 1.82) is 0 Å². The first-order valence-corrected chi connectivity index (χ1v) is 10.8. The van der Waals surface area contributed by atoms with Gasteiger partial charge in [-0.1, -0.05) is 60.7 Å².